The van der Waals surface area contributed by atoms with Gasteiger partial charge in [-0.25, -0.2) is 14.4 Å². The molecule has 1 aliphatic heterocycles. The Balaban J connectivity index is 1.62. The molecular formula is C15H21FN6O. The molecule has 0 amide bonds. The first-order valence-electron chi connectivity index (χ1n) is 7.61. The predicted molar refractivity (Wildman–Crippen MR) is 84.0 cm³/mol. The van der Waals surface area contributed by atoms with Gasteiger partial charge in [0.05, 0.1) is 13.7 Å². The first-order chi connectivity index (χ1) is 11.2. The molecule has 0 aliphatic carbocycles. The van der Waals surface area contributed by atoms with Crippen molar-refractivity contribution >= 4 is 5.95 Å². The lowest BCUT2D eigenvalue weighted by atomic mass is 10.2. The number of likely N-dealkylation sites (tertiary alicyclic amines) is 1. The maximum absolute atomic E-state index is 13.8. The lowest BCUT2D eigenvalue weighted by Gasteiger charge is -2.23. The zero-order valence-corrected chi connectivity index (χ0v) is 13.3. The zero-order valence-electron chi connectivity index (χ0n) is 13.3. The van der Waals surface area contributed by atoms with Gasteiger partial charge in [-0.2, -0.15) is 4.98 Å². The van der Waals surface area contributed by atoms with Crippen molar-refractivity contribution in [1.29, 1.82) is 0 Å². The lowest BCUT2D eigenvalue weighted by Crippen LogP contribution is -2.35. The topological polar surface area (TPSA) is 68.1 Å². The first kappa shape index (κ1) is 15.7. The average Bonchev–Trinajstić information content (AvgIpc) is 3.12. The van der Waals surface area contributed by atoms with Gasteiger partial charge in [-0.1, -0.05) is 0 Å². The third kappa shape index (κ3) is 3.76. The van der Waals surface area contributed by atoms with Gasteiger partial charge in [0.15, 0.2) is 0 Å². The van der Waals surface area contributed by atoms with Gasteiger partial charge in [-0.05, 0) is 6.42 Å². The van der Waals surface area contributed by atoms with E-state index in [4.69, 9.17) is 4.74 Å². The third-order valence-corrected chi connectivity index (χ3v) is 4.08. The van der Waals surface area contributed by atoms with Crippen molar-refractivity contribution in [3.05, 3.63) is 30.5 Å². The van der Waals surface area contributed by atoms with Crippen LogP contribution in [0, 0.1) is 0 Å². The molecule has 3 heterocycles. The number of nitrogens with zero attached hydrogens (tertiary/aromatic N) is 5. The Morgan fingerprint density at radius 2 is 2.26 bits per heavy atom. The van der Waals surface area contributed by atoms with Crippen LogP contribution >= 0.6 is 0 Å². The highest BCUT2D eigenvalue weighted by atomic mass is 19.1. The zero-order chi connectivity index (χ0) is 16.2. The number of ether oxygens (including phenoxy) is 1. The minimum atomic E-state index is -0.812. The number of aryl methyl sites for hydroxylation is 1. The molecule has 0 saturated carbocycles. The highest BCUT2D eigenvalue weighted by Crippen LogP contribution is 2.22. The summed E-state index contributed by atoms with van der Waals surface area (Å²) in [6.45, 7) is 1.64. The molecule has 1 fully saturated rings. The van der Waals surface area contributed by atoms with Crippen molar-refractivity contribution in [2.75, 3.05) is 25.5 Å². The van der Waals surface area contributed by atoms with Crippen LogP contribution in [0.3, 0.4) is 0 Å². The maximum Gasteiger partial charge on any atom is 0.225 e. The van der Waals surface area contributed by atoms with Crippen molar-refractivity contribution in [2.45, 2.75) is 25.2 Å². The highest BCUT2D eigenvalue weighted by Gasteiger charge is 2.32. The Kier molecular flexibility index (Phi) is 4.71. The Labute approximate surface area is 134 Å². The largest absolute Gasteiger partial charge is 0.481 e. The standard InChI is InChI=1S/C15H21FN6O/c1-21-6-5-17-13(21)10-22-9-11(16)7-12(22)8-19-15-18-4-3-14(20-15)23-2/h3-6,11-12H,7-10H2,1-2H3,(H,18,19,20)/t11-,12-/m0/s1. The third-order valence-electron chi connectivity index (χ3n) is 4.08. The molecule has 23 heavy (non-hydrogen) atoms. The number of hydrogen-bond donors (Lipinski definition) is 1. The summed E-state index contributed by atoms with van der Waals surface area (Å²) in [7, 11) is 3.51. The van der Waals surface area contributed by atoms with Crippen LogP contribution in [0.2, 0.25) is 0 Å². The van der Waals surface area contributed by atoms with Crippen molar-refractivity contribution in [2.24, 2.45) is 7.05 Å². The smallest absolute Gasteiger partial charge is 0.225 e. The van der Waals surface area contributed by atoms with Crippen LogP contribution in [0.15, 0.2) is 24.7 Å². The van der Waals surface area contributed by atoms with E-state index in [1.165, 1.54) is 0 Å². The van der Waals surface area contributed by atoms with Crippen LogP contribution in [0.4, 0.5) is 10.3 Å². The van der Waals surface area contributed by atoms with Crippen LogP contribution < -0.4 is 10.1 Å². The molecule has 0 unspecified atom stereocenters. The van der Waals surface area contributed by atoms with E-state index in [-0.39, 0.29) is 6.04 Å². The van der Waals surface area contributed by atoms with Gasteiger partial charge in [0, 0.05) is 50.8 Å². The number of anilines is 1. The summed E-state index contributed by atoms with van der Waals surface area (Å²) in [6.07, 6.45) is 4.98. The molecule has 8 heteroatoms. The molecule has 2 aromatic rings. The monoisotopic (exact) mass is 320 g/mol. The molecule has 1 aliphatic rings. The van der Waals surface area contributed by atoms with E-state index in [2.05, 4.69) is 25.2 Å². The number of aromatic nitrogens is 4. The van der Waals surface area contributed by atoms with E-state index in [1.54, 1.807) is 25.6 Å². The molecule has 1 saturated heterocycles. The van der Waals surface area contributed by atoms with E-state index in [0.29, 0.717) is 37.9 Å². The minimum absolute atomic E-state index is 0.0801. The summed E-state index contributed by atoms with van der Waals surface area (Å²) in [6, 6.07) is 1.77. The number of alkyl halides is 1. The second-order valence-corrected chi connectivity index (χ2v) is 5.67. The minimum Gasteiger partial charge on any atom is -0.481 e. The van der Waals surface area contributed by atoms with E-state index in [9.17, 15) is 4.39 Å². The predicted octanol–water partition coefficient (Wildman–Crippen LogP) is 1.24. The van der Waals surface area contributed by atoms with Gasteiger partial charge < -0.3 is 14.6 Å². The molecule has 124 valence electrons. The second-order valence-electron chi connectivity index (χ2n) is 5.67. The summed E-state index contributed by atoms with van der Waals surface area (Å²) in [5.74, 6) is 1.92. The molecule has 0 spiro atoms. The highest BCUT2D eigenvalue weighted by molar-refractivity contribution is 5.27. The van der Waals surface area contributed by atoms with Crippen molar-refractivity contribution in [1.82, 2.24) is 24.4 Å². The normalized spacial score (nSPS) is 21.5. The summed E-state index contributed by atoms with van der Waals surface area (Å²) in [4.78, 5) is 14.8. The Hall–Kier alpha value is -2.22. The quantitative estimate of drug-likeness (QED) is 0.864. The lowest BCUT2D eigenvalue weighted by molar-refractivity contribution is 0.233. The molecular weight excluding hydrogens is 299 g/mol. The maximum atomic E-state index is 13.8. The van der Waals surface area contributed by atoms with Crippen molar-refractivity contribution < 1.29 is 9.13 Å². The summed E-state index contributed by atoms with van der Waals surface area (Å²) in [5, 5.41) is 3.17. The number of imidazole rings is 1. The van der Waals surface area contributed by atoms with Crippen LogP contribution in [-0.2, 0) is 13.6 Å². The van der Waals surface area contributed by atoms with Gasteiger partial charge in [0.1, 0.15) is 12.0 Å². The average molecular weight is 320 g/mol. The van der Waals surface area contributed by atoms with Crippen molar-refractivity contribution in [3.63, 3.8) is 0 Å². The molecule has 2 aromatic heterocycles. The van der Waals surface area contributed by atoms with E-state index >= 15 is 0 Å². The SMILES string of the molecule is COc1ccnc(NC[C@@H]2C[C@H](F)CN2Cc2nccn2C)n1. The van der Waals surface area contributed by atoms with Gasteiger partial charge in [-0.15, -0.1) is 0 Å². The number of hydrogen-bond acceptors (Lipinski definition) is 6. The molecule has 0 aromatic carbocycles. The number of nitrogens with one attached hydrogen (secondary N) is 1. The summed E-state index contributed by atoms with van der Waals surface area (Å²) in [5.41, 5.74) is 0. The van der Waals surface area contributed by atoms with Gasteiger partial charge >= 0.3 is 0 Å². The van der Waals surface area contributed by atoms with E-state index in [1.807, 2.05) is 17.8 Å². The fourth-order valence-corrected chi connectivity index (χ4v) is 2.81. The fourth-order valence-electron chi connectivity index (χ4n) is 2.81. The van der Waals surface area contributed by atoms with Gasteiger partial charge in [0.25, 0.3) is 0 Å². The Morgan fingerprint density at radius 1 is 1.39 bits per heavy atom. The second kappa shape index (κ2) is 6.91. The molecule has 0 bridgehead atoms. The van der Waals surface area contributed by atoms with Crippen LogP contribution in [0.5, 0.6) is 5.88 Å². The summed E-state index contributed by atoms with van der Waals surface area (Å²) >= 11 is 0. The Morgan fingerprint density at radius 3 is 3.00 bits per heavy atom. The van der Waals surface area contributed by atoms with Gasteiger partial charge in [0.2, 0.25) is 11.8 Å². The van der Waals surface area contributed by atoms with Gasteiger partial charge in [-0.3, -0.25) is 4.90 Å². The summed E-state index contributed by atoms with van der Waals surface area (Å²) < 4.78 is 20.9. The first-order valence-corrected chi connectivity index (χ1v) is 7.61. The molecule has 7 nitrogen and oxygen atoms in total. The molecule has 2 atom stereocenters. The van der Waals surface area contributed by atoms with Crippen molar-refractivity contribution in [3.8, 4) is 5.88 Å². The number of rotatable bonds is 6. The molecule has 0 radical (unpaired) electrons. The van der Waals surface area contributed by atoms with Crippen LogP contribution in [-0.4, -0.2) is 56.8 Å². The van der Waals surface area contributed by atoms with E-state index < -0.39 is 6.17 Å². The fraction of sp³-hybridized carbons (Fsp3) is 0.533. The molecule has 3 rings (SSSR count). The number of methoxy groups -OCH3 is 1. The van der Waals surface area contributed by atoms with Crippen LogP contribution in [0.25, 0.3) is 0 Å². The van der Waals surface area contributed by atoms with Crippen LogP contribution in [0.1, 0.15) is 12.2 Å². The Bertz CT molecular complexity index is 648. The van der Waals surface area contributed by atoms with E-state index in [0.717, 1.165) is 5.82 Å². The number of halogens is 1. The molecule has 1 N–H and O–H groups in total.